The summed E-state index contributed by atoms with van der Waals surface area (Å²) in [6.45, 7) is 3.88. The minimum Gasteiger partial charge on any atom is -0.397 e. The zero-order chi connectivity index (χ0) is 8.97. The first-order chi connectivity index (χ1) is 5.75. The van der Waals surface area contributed by atoms with Crippen LogP contribution in [-0.2, 0) is 0 Å². The second-order valence-electron chi connectivity index (χ2n) is 2.43. The van der Waals surface area contributed by atoms with Crippen LogP contribution >= 0.6 is 0 Å². The van der Waals surface area contributed by atoms with Gasteiger partial charge in [0.25, 0.3) is 0 Å². The maximum absolute atomic E-state index is 9.38. The third-order valence-electron chi connectivity index (χ3n) is 1.52. The van der Waals surface area contributed by atoms with Gasteiger partial charge in [-0.15, -0.1) is 6.58 Å². The van der Waals surface area contributed by atoms with Crippen molar-refractivity contribution in [3.05, 3.63) is 36.9 Å². The van der Waals surface area contributed by atoms with E-state index in [0.717, 1.165) is 5.06 Å². The molecule has 12 heavy (non-hydrogen) atoms. The Bertz CT molecular complexity index is 273. The predicted molar refractivity (Wildman–Crippen MR) is 50.2 cm³/mol. The fraction of sp³-hybridized carbons (Fsp3) is 0.111. The Morgan fingerprint density at radius 2 is 2.17 bits per heavy atom. The fourth-order valence-corrected chi connectivity index (χ4v) is 0.943. The summed E-state index contributed by atoms with van der Waals surface area (Å²) in [7, 11) is 0. The number of hydrogen-bond acceptors (Lipinski definition) is 3. The van der Waals surface area contributed by atoms with E-state index in [4.69, 9.17) is 5.73 Å². The average Bonchev–Trinajstić information content (AvgIpc) is 2.05. The molecule has 0 saturated heterocycles. The van der Waals surface area contributed by atoms with E-state index >= 15 is 0 Å². The summed E-state index contributed by atoms with van der Waals surface area (Å²) in [5.74, 6) is 0. The molecule has 3 nitrogen and oxygen atoms in total. The molecule has 0 spiro atoms. The van der Waals surface area contributed by atoms with Gasteiger partial charge in [0.15, 0.2) is 0 Å². The van der Waals surface area contributed by atoms with Crippen molar-refractivity contribution >= 4 is 11.4 Å². The molecular formula is C9H12N2O. The van der Waals surface area contributed by atoms with Gasteiger partial charge in [0.1, 0.15) is 0 Å². The number of para-hydroxylation sites is 2. The SMILES string of the molecule is C=CCN(O)c1ccccc1N. The Balaban J connectivity index is 2.86. The van der Waals surface area contributed by atoms with Crippen LogP contribution < -0.4 is 10.8 Å². The molecule has 0 aliphatic heterocycles. The van der Waals surface area contributed by atoms with Crippen LogP contribution in [0, 0.1) is 0 Å². The molecule has 3 heteroatoms. The second kappa shape index (κ2) is 3.78. The Kier molecular flexibility index (Phi) is 2.71. The maximum Gasteiger partial charge on any atom is 0.0867 e. The standard InChI is InChI=1S/C9H12N2O/c1-2-7-11(12)9-6-4-3-5-8(9)10/h2-6,12H,1,7,10H2. The number of nitrogen functional groups attached to an aromatic ring is 1. The number of nitrogens with zero attached hydrogens (tertiary/aromatic N) is 1. The van der Waals surface area contributed by atoms with Gasteiger partial charge in [-0.25, -0.2) is 0 Å². The highest BCUT2D eigenvalue weighted by Gasteiger charge is 2.02. The summed E-state index contributed by atoms with van der Waals surface area (Å²) in [4.78, 5) is 0. The van der Waals surface area contributed by atoms with E-state index in [0.29, 0.717) is 17.9 Å². The number of nitrogens with two attached hydrogens (primary N) is 1. The van der Waals surface area contributed by atoms with Crippen LogP contribution in [0.5, 0.6) is 0 Å². The van der Waals surface area contributed by atoms with Crippen molar-refractivity contribution in [3.8, 4) is 0 Å². The quantitative estimate of drug-likeness (QED) is 0.405. The normalized spacial score (nSPS) is 9.42. The van der Waals surface area contributed by atoms with Crippen LogP contribution in [0.2, 0.25) is 0 Å². The Morgan fingerprint density at radius 1 is 1.50 bits per heavy atom. The highest BCUT2D eigenvalue weighted by atomic mass is 16.5. The first-order valence-corrected chi connectivity index (χ1v) is 3.67. The van der Waals surface area contributed by atoms with E-state index in [1.807, 2.05) is 12.1 Å². The van der Waals surface area contributed by atoms with Crippen molar-refractivity contribution in [1.82, 2.24) is 0 Å². The van der Waals surface area contributed by atoms with Crippen LogP contribution in [0.4, 0.5) is 11.4 Å². The maximum atomic E-state index is 9.38. The molecule has 0 atom stereocenters. The van der Waals surface area contributed by atoms with Gasteiger partial charge in [0.2, 0.25) is 0 Å². The first-order valence-electron chi connectivity index (χ1n) is 3.67. The van der Waals surface area contributed by atoms with Gasteiger partial charge in [0.05, 0.1) is 17.9 Å². The van der Waals surface area contributed by atoms with E-state index in [-0.39, 0.29) is 0 Å². The summed E-state index contributed by atoms with van der Waals surface area (Å²) >= 11 is 0. The molecule has 0 aliphatic rings. The van der Waals surface area contributed by atoms with E-state index in [1.54, 1.807) is 18.2 Å². The number of benzene rings is 1. The van der Waals surface area contributed by atoms with E-state index in [2.05, 4.69) is 6.58 Å². The minimum absolute atomic E-state index is 0.369. The lowest BCUT2D eigenvalue weighted by molar-refractivity contribution is 0.267. The zero-order valence-electron chi connectivity index (χ0n) is 6.77. The molecule has 0 saturated carbocycles. The third-order valence-corrected chi connectivity index (χ3v) is 1.52. The molecule has 0 fully saturated rings. The van der Waals surface area contributed by atoms with Crippen molar-refractivity contribution in [3.63, 3.8) is 0 Å². The highest BCUT2D eigenvalue weighted by molar-refractivity contribution is 5.65. The molecule has 0 radical (unpaired) electrons. The monoisotopic (exact) mass is 164 g/mol. The van der Waals surface area contributed by atoms with Gasteiger partial charge in [-0.3, -0.25) is 10.3 Å². The van der Waals surface area contributed by atoms with Gasteiger partial charge in [-0.1, -0.05) is 18.2 Å². The lowest BCUT2D eigenvalue weighted by Gasteiger charge is -2.16. The topological polar surface area (TPSA) is 49.5 Å². The Morgan fingerprint density at radius 3 is 2.75 bits per heavy atom. The van der Waals surface area contributed by atoms with Gasteiger partial charge in [0, 0.05) is 0 Å². The summed E-state index contributed by atoms with van der Waals surface area (Å²) in [5.41, 5.74) is 6.78. The van der Waals surface area contributed by atoms with Crippen LogP contribution in [0.25, 0.3) is 0 Å². The molecule has 0 heterocycles. The molecule has 1 rings (SSSR count). The highest BCUT2D eigenvalue weighted by Crippen LogP contribution is 2.20. The molecule has 0 aliphatic carbocycles. The molecule has 0 bridgehead atoms. The van der Waals surface area contributed by atoms with Gasteiger partial charge in [-0.05, 0) is 12.1 Å². The van der Waals surface area contributed by atoms with E-state index in [9.17, 15) is 5.21 Å². The van der Waals surface area contributed by atoms with Crippen molar-refractivity contribution < 1.29 is 5.21 Å². The van der Waals surface area contributed by atoms with Crippen molar-refractivity contribution in [2.75, 3.05) is 17.3 Å². The lowest BCUT2D eigenvalue weighted by atomic mass is 10.2. The van der Waals surface area contributed by atoms with Gasteiger partial charge < -0.3 is 5.73 Å². The first kappa shape index (κ1) is 8.62. The number of anilines is 2. The smallest absolute Gasteiger partial charge is 0.0867 e. The second-order valence-corrected chi connectivity index (χ2v) is 2.43. The zero-order valence-corrected chi connectivity index (χ0v) is 6.77. The molecule has 1 aromatic carbocycles. The van der Waals surface area contributed by atoms with Crippen LogP contribution in [0.15, 0.2) is 36.9 Å². The molecule has 0 aromatic heterocycles. The molecule has 0 unspecified atom stereocenters. The fourth-order valence-electron chi connectivity index (χ4n) is 0.943. The minimum atomic E-state index is 0.369. The van der Waals surface area contributed by atoms with Crippen molar-refractivity contribution in [2.24, 2.45) is 0 Å². The summed E-state index contributed by atoms with van der Waals surface area (Å²) < 4.78 is 0. The summed E-state index contributed by atoms with van der Waals surface area (Å²) in [5, 5.41) is 10.4. The van der Waals surface area contributed by atoms with Gasteiger partial charge in [-0.2, -0.15) is 0 Å². The van der Waals surface area contributed by atoms with E-state index in [1.165, 1.54) is 0 Å². The predicted octanol–water partition coefficient (Wildman–Crippen LogP) is 1.65. The van der Waals surface area contributed by atoms with Crippen molar-refractivity contribution in [2.45, 2.75) is 0 Å². The number of hydroxylamine groups is 1. The summed E-state index contributed by atoms with van der Waals surface area (Å²) in [6.07, 6.45) is 1.60. The van der Waals surface area contributed by atoms with Crippen LogP contribution in [0.3, 0.4) is 0 Å². The Labute approximate surface area is 71.7 Å². The largest absolute Gasteiger partial charge is 0.397 e. The van der Waals surface area contributed by atoms with Crippen molar-refractivity contribution in [1.29, 1.82) is 0 Å². The van der Waals surface area contributed by atoms with Crippen LogP contribution in [0.1, 0.15) is 0 Å². The summed E-state index contributed by atoms with van der Waals surface area (Å²) in [6, 6.07) is 7.12. The molecule has 3 N–H and O–H groups in total. The molecule has 64 valence electrons. The third kappa shape index (κ3) is 1.77. The molecule has 1 aromatic rings. The number of rotatable bonds is 3. The Hall–Kier alpha value is -1.48. The average molecular weight is 164 g/mol. The lowest BCUT2D eigenvalue weighted by Crippen LogP contribution is -2.18. The number of hydrogen-bond donors (Lipinski definition) is 2. The van der Waals surface area contributed by atoms with Crippen LogP contribution in [-0.4, -0.2) is 11.8 Å². The molecular weight excluding hydrogens is 152 g/mol. The van der Waals surface area contributed by atoms with Gasteiger partial charge >= 0.3 is 0 Å². The van der Waals surface area contributed by atoms with E-state index < -0.39 is 0 Å². The molecule has 0 amide bonds.